The molecule has 2 aromatic rings. The quantitative estimate of drug-likeness (QED) is 0.939. The molecule has 1 aliphatic rings. The summed E-state index contributed by atoms with van der Waals surface area (Å²) in [6.07, 6.45) is 5.59. The third-order valence-electron chi connectivity index (χ3n) is 3.96. The molecule has 0 amide bonds. The predicted octanol–water partition coefficient (Wildman–Crippen LogP) is 3.17. The number of nitrogens with two attached hydrogens (primary N) is 1. The van der Waals surface area contributed by atoms with E-state index in [0.29, 0.717) is 5.88 Å². The smallest absolute Gasteiger partial charge is 0.227 e. The molecule has 2 unspecified atom stereocenters. The van der Waals surface area contributed by atoms with E-state index in [1.807, 2.05) is 0 Å². The first-order valence-corrected chi connectivity index (χ1v) is 8.26. The van der Waals surface area contributed by atoms with Crippen LogP contribution in [0, 0.1) is 0 Å². The van der Waals surface area contributed by atoms with Gasteiger partial charge in [-0.3, -0.25) is 0 Å². The topological polar surface area (TPSA) is 70.3 Å². The first kappa shape index (κ1) is 14.5. The maximum atomic E-state index is 6.13. The molecular formula is C15H21N3O2S. The van der Waals surface area contributed by atoms with Crippen LogP contribution in [-0.2, 0) is 11.2 Å². The molecule has 1 fully saturated rings. The highest BCUT2D eigenvalue weighted by atomic mass is 32.1. The van der Waals surface area contributed by atoms with Gasteiger partial charge in [-0.05, 0) is 31.7 Å². The SMILES string of the molecule is CCc1cc2c(OC3CCCC(OC)C3)nc(N)nc2s1. The van der Waals surface area contributed by atoms with Crippen molar-refractivity contribution < 1.29 is 9.47 Å². The van der Waals surface area contributed by atoms with Gasteiger partial charge < -0.3 is 15.2 Å². The van der Waals surface area contributed by atoms with Crippen LogP contribution in [0.15, 0.2) is 6.07 Å². The Morgan fingerprint density at radius 2 is 2.14 bits per heavy atom. The number of rotatable bonds is 4. The Morgan fingerprint density at radius 3 is 2.90 bits per heavy atom. The van der Waals surface area contributed by atoms with Crippen LogP contribution in [0.4, 0.5) is 5.95 Å². The van der Waals surface area contributed by atoms with Crippen molar-refractivity contribution in [3.63, 3.8) is 0 Å². The zero-order chi connectivity index (χ0) is 14.8. The summed E-state index contributed by atoms with van der Waals surface area (Å²) in [7, 11) is 1.76. The molecule has 0 spiro atoms. The van der Waals surface area contributed by atoms with Gasteiger partial charge in [-0.1, -0.05) is 6.92 Å². The summed E-state index contributed by atoms with van der Waals surface area (Å²) in [5.74, 6) is 0.899. The summed E-state index contributed by atoms with van der Waals surface area (Å²) in [6.45, 7) is 2.13. The lowest BCUT2D eigenvalue weighted by molar-refractivity contribution is 0.0201. The van der Waals surface area contributed by atoms with E-state index in [9.17, 15) is 0 Å². The normalized spacial score (nSPS) is 22.6. The summed E-state index contributed by atoms with van der Waals surface area (Å²) in [5.41, 5.74) is 5.81. The van der Waals surface area contributed by atoms with Gasteiger partial charge in [0.25, 0.3) is 0 Å². The van der Waals surface area contributed by atoms with Crippen molar-refractivity contribution in [1.29, 1.82) is 0 Å². The van der Waals surface area contributed by atoms with Crippen molar-refractivity contribution in [2.24, 2.45) is 0 Å². The van der Waals surface area contributed by atoms with Gasteiger partial charge >= 0.3 is 0 Å². The molecule has 6 heteroatoms. The summed E-state index contributed by atoms with van der Waals surface area (Å²) in [6, 6.07) is 2.12. The number of fused-ring (bicyclic) bond motifs is 1. The van der Waals surface area contributed by atoms with Crippen molar-refractivity contribution >= 4 is 27.5 Å². The fourth-order valence-electron chi connectivity index (χ4n) is 2.81. The highest BCUT2D eigenvalue weighted by Gasteiger charge is 2.24. The lowest BCUT2D eigenvalue weighted by Gasteiger charge is -2.28. The molecule has 0 aliphatic heterocycles. The van der Waals surface area contributed by atoms with Crippen LogP contribution in [0.3, 0.4) is 0 Å². The molecule has 5 nitrogen and oxygen atoms in total. The number of hydrogen-bond acceptors (Lipinski definition) is 6. The number of anilines is 1. The molecule has 114 valence electrons. The first-order valence-electron chi connectivity index (χ1n) is 7.45. The number of aryl methyl sites for hydroxylation is 1. The van der Waals surface area contributed by atoms with Crippen LogP contribution in [-0.4, -0.2) is 29.3 Å². The highest BCUT2D eigenvalue weighted by molar-refractivity contribution is 7.18. The molecule has 2 aromatic heterocycles. The Labute approximate surface area is 128 Å². The van der Waals surface area contributed by atoms with Gasteiger partial charge in [0.2, 0.25) is 11.8 Å². The Bertz CT molecular complexity index is 629. The molecule has 0 saturated heterocycles. The van der Waals surface area contributed by atoms with E-state index < -0.39 is 0 Å². The molecular weight excluding hydrogens is 286 g/mol. The molecule has 21 heavy (non-hydrogen) atoms. The fourth-order valence-corrected chi connectivity index (χ4v) is 3.77. The Hall–Kier alpha value is -1.40. The number of ether oxygens (including phenoxy) is 2. The number of aromatic nitrogens is 2. The fraction of sp³-hybridized carbons (Fsp3) is 0.600. The summed E-state index contributed by atoms with van der Waals surface area (Å²) >= 11 is 1.66. The Kier molecular flexibility index (Phi) is 4.26. The molecule has 0 aromatic carbocycles. The van der Waals surface area contributed by atoms with Crippen molar-refractivity contribution in [3.8, 4) is 5.88 Å². The van der Waals surface area contributed by atoms with Crippen molar-refractivity contribution in [1.82, 2.24) is 9.97 Å². The predicted molar refractivity (Wildman–Crippen MR) is 84.9 cm³/mol. The van der Waals surface area contributed by atoms with Crippen molar-refractivity contribution in [2.45, 2.75) is 51.2 Å². The van der Waals surface area contributed by atoms with Gasteiger partial charge in [-0.2, -0.15) is 4.98 Å². The molecule has 2 heterocycles. The minimum absolute atomic E-state index is 0.145. The molecule has 2 atom stereocenters. The van der Waals surface area contributed by atoms with Crippen LogP contribution in [0.2, 0.25) is 0 Å². The lowest BCUT2D eigenvalue weighted by atomic mass is 9.95. The second-order valence-electron chi connectivity index (χ2n) is 5.44. The van der Waals surface area contributed by atoms with Gasteiger partial charge in [0, 0.05) is 18.4 Å². The average molecular weight is 307 g/mol. The monoisotopic (exact) mass is 307 g/mol. The highest BCUT2D eigenvalue weighted by Crippen LogP contribution is 2.33. The summed E-state index contributed by atoms with van der Waals surface area (Å²) in [4.78, 5) is 10.8. The zero-order valence-corrected chi connectivity index (χ0v) is 13.3. The third kappa shape index (κ3) is 3.11. The van der Waals surface area contributed by atoms with Gasteiger partial charge in [-0.15, -0.1) is 11.3 Å². The minimum Gasteiger partial charge on any atom is -0.474 e. The number of methoxy groups -OCH3 is 1. The summed E-state index contributed by atoms with van der Waals surface area (Å²) < 4.78 is 11.6. The van der Waals surface area contributed by atoms with Crippen LogP contribution in [0.1, 0.15) is 37.5 Å². The molecule has 3 rings (SSSR count). The van der Waals surface area contributed by atoms with Crippen molar-refractivity contribution in [3.05, 3.63) is 10.9 Å². The van der Waals surface area contributed by atoms with E-state index in [4.69, 9.17) is 15.2 Å². The minimum atomic E-state index is 0.145. The van der Waals surface area contributed by atoms with E-state index >= 15 is 0 Å². The molecule has 0 radical (unpaired) electrons. The maximum Gasteiger partial charge on any atom is 0.227 e. The maximum absolute atomic E-state index is 6.13. The van der Waals surface area contributed by atoms with Gasteiger partial charge in [0.15, 0.2) is 0 Å². The zero-order valence-electron chi connectivity index (χ0n) is 12.5. The van der Waals surface area contributed by atoms with Crippen LogP contribution in [0.5, 0.6) is 5.88 Å². The molecule has 0 bridgehead atoms. The van der Waals surface area contributed by atoms with Crippen LogP contribution >= 0.6 is 11.3 Å². The van der Waals surface area contributed by atoms with E-state index in [1.165, 1.54) is 4.88 Å². The number of hydrogen-bond donors (Lipinski definition) is 1. The van der Waals surface area contributed by atoms with E-state index in [2.05, 4.69) is 23.0 Å². The Morgan fingerprint density at radius 1 is 1.33 bits per heavy atom. The average Bonchev–Trinajstić information content (AvgIpc) is 2.90. The van der Waals surface area contributed by atoms with Crippen molar-refractivity contribution in [2.75, 3.05) is 12.8 Å². The van der Waals surface area contributed by atoms with E-state index in [1.54, 1.807) is 18.4 Å². The number of nitrogen functional groups attached to an aromatic ring is 1. The molecule has 1 saturated carbocycles. The van der Waals surface area contributed by atoms with Gasteiger partial charge in [-0.25, -0.2) is 4.98 Å². The van der Waals surface area contributed by atoms with Crippen LogP contribution < -0.4 is 10.5 Å². The second-order valence-corrected chi connectivity index (χ2v) is 6.55. The number of thiophene rings is 1. The molecule has 1 aliphatic carbocycles. The number of nitrogens with zero attached hydrogens (tertiary/aromatic N) is 2. The lowest BCUT2D eigenvalue weighted by Crippen LogP contribution is -2.29. The molecule has 2 N–H and O–H groups in total. The summed E-state index contributed by atoms with van der Waals surface area (Å²) in [5, 5.41) is 0.977. The van der Waals surface area contributed by atoms with Gasteiger partial charge in [0.1, 0.15) is 10.9 Å². The Balaban J connectivity index is 1.87. The standard InChI is InChI=1S/C15H21N3O2S/c1-3-11-8-12-13(17-15(16)18-14(12)21-11)20-10-6-4-5-9(7-10)19-2/h8-10H,3-7H2,1-2H3,(H2,16,17,18). The first-order chi connectivity index (χ1) is 10.2. The van der Waals surface area contributed by atoms with E-state index in [-0.39, 0.29) is 18.2 Å². The second kappa shape index (κ2) is 6.15. The van der Waals surface area contributed by atoms with Crippen LogP contribution in [0.25, 0.3) is 10.2 Å². The largest absolute Gasteiger partial charge is 0.474 e. The third-order valence-corrected chi connectivity index (χ3v) is 5.14. The van der Waals surface area contributed by atoms with Gasteiger partial charge in [0.05, 0.1) is 11.5 Å². The van der Waals surface area contributed by atoms with E-state index in [0.717, 1.165) is 42.3 Å².